The van der Waals surface area contributed by atoms with Crippen LogP contribution in [0.25, 0.3) is 0 Å². The summed E-state index contributed by atoms with van der Waals surface area (Å²) in [5.74, 6) is -0.397. The van der Waals surface area contributed by atoms with E-state index in [1.807, 2.05) is 77.9 Å². The van der Waals surface area contributed by atoms with E-state index in [4.69, 9.17) is 0 Å². The van der Waals surface area contributed by atoms with Crippen LogP contribution in [0.3, 0.4) is 0 Å². The number of rotatable bonds is 11. The normalized spacial score (nSPS) is 12.3. The zero-order valence-electron chi connectivity index (χ0n) is 22.0. The average molecular weight is 502 g/mol. The maximum Gasteiger partial charge on any atom is 0.244 e. The molecule has 35 heavy (non-hydrogen) atoms. The van der Waals surface area contributed by atoms with Gasteiger partial charge in [-0.3, -0.25) is 13.9 Å². The van der Waals surface area contributed by atoms with E-state index in [2.05, 4.69) is 5.32 Å². The SMILES string of the molecule is CCC(C(=O)NCC(C)C)N(Cc1cccc(C)c1)C(=O)CN(c1cc(C)ccc1C)S(C)(=O)=O. The number of hydrogen-bond acceptors (Lipinski definition) is 4. The molecular formula is C27H39N3O4S. The maximum atomic E-state index is 13.7. The second kappa shape index (κ2) is 12.2. The Hall–Kier alpha value is -2.87. The average Bonchev–Trinajstić information content (AvgIpc) is 2.76. The van der Waals surface area contributed by atoms with Crippen LogP contribution in [0, 0.1) is 26.7 Å². The molecule has 2 aromatic rings. The molecule has 0 saturated heterocycles. The van der Waals surface area contributed by atoms with Crippen molar-refractivity contribution in [3.8, 4) is 0 Å². The summed E-state index contributed by atoms with van der Waals surface area (Å²) in [6.45, 7) is 11.8. The van der Waals surface area contributed by atoms with Crippen LogP contribution in [0.1, 0.15) is 49.4 Å². The first-order valence-corrected chi connectivity index (χ1v) is 13.9. The Kier molecular flexibility index (Phi) is 9.89. The molecule has 2 rings (SSSR count). The van der Waals surface area contributed by atoms with E-state index in [1.165, 1.54) is 4.90 Å². The van der Waals surface area contributed by atoms with Gasteiger partial charge in [-0.1, -0.05) is 62.7 Å². The molecule has 8 heteroatoms. The van der Waals surface area contributed by atoms with Crippen molar-refractivity contribution in [1.29, 1.82) is 0 Å². The minimum atomic E-state index is -3.75. The van der Waals surface area contributed by atoms with E-state index < -0.39 is 22.0 Å². The van der Waals surface area contributed by atoms with Gasteiger partial charge in [0.1, 0.15) is 12.6 Å². The number of sulfonamides is 1. The topological polar surface area (TPSA) is 86.8 Å². The van der Waals surface area contributed by atoms with Crippen molar-refractivity contribution in [1.82, 2.24) is 10.2 Å². The van der Waals surface area contributed by atoms with Gasteiger partial charge in [0, 0.05) is 13.1 Å². The number of hydrogen-bond donors (Lipinski definition) is 1. The van der Waals surface area contributed by atoms with E-state index in [-0.39, 0.29) is 24.9 Å². The van der Waals surface area contributed by atoms with Crippen molar-refractivity contribution in [2.75, 3.05) is 23.7 Å². The van der Waals surface area contributed by atoms with Crippen molar-refractivity contribution in [2.24, 2.45) is 5.92 Å². The first kappa shape index (κ1) is 28.4. The molecule has 0 bridgehead atoms. The molecule has 2 amide bonds. The quantitative estimate of drug-likeness (QED) is 0.505. The van der Waals surface area contributed by atoms with Crippen LogP contribution in [0.2, 0.25) is 0 Å². The Morgan fingerprint density at radius 2 is 1.66 bits per heavy atom. The molecule has 0 aliphatic carbocycles. The molecule has 2 aromatic carbocycles. The Bertz CT molecular complexity index is 1140. The summed E-state index contributed by atoms with van der Waals surface area (Å²) in [4.78, 5) is 28.3. The molecule has 0 heterocycles. The van der Waals surface area contributed by atoms with E-state index in [1.54, 1.807) is 6.07 Å². The third-order valence-electron chi connectivity index (χ3n) is 5.82. The van der Waals surface area contributed by atoms with Gasteiger partial charge in [-0.2, -0.15) is 0 Å². The van der Waals surface area contributed by atoms with Gasteiger partial charge in [0.05, 0.1) is 11.9 Å². The van der Waals surface area contributed by atoms with Crippen molar-refractivity contribution >= 4 is 27.5 Å². The summed E-state index contributed by atoms with van der Waals surface area (Å²) < 4.78 is 26.7. The zero-order chi connectivity index (χ0) is 26.3. The Balaban J connectivity index is 2.47. The third-order valence-corrected chi connectivity index (χ3v) is 6.94. The second-order valence-corrected chi connectivity index (χ2v) is 11.5. The summed E-state index contributed by atoms with van der Waals surface area (Å²) >= 11 is 0. The molecule has 1 atom stereocenters. The number of anilines is 1. The Labute approximate surface area is 210 Å². The van der Waals surface area contributed by atoms with Crippen LogP contribution in [-0.2, 0) is 26.2 Å². The first-order valence-electron chi connectivity index (χ1n) is 12.0. The van der Waals surface area contributed by atoms with Gasteiger partial charge in [-0.15, -0.1) is 0 Å². The van der Waals surface area contributed by atoms with Crippen LogP contribution in [-0.4, -0.2) is 50.5 Å². The molecule has 1 unspecified atom stereocenters. The molecular weight excluding hydrogens is 462 g/mol. The predicted molar refractivity (Wildman–Crippen MR) is 142 cm³/mol. The molecule has 7 nitrogen and oxygen atoms in total. The lowest BCUT2D eigenvalue weighted by Crippen LogP contribution is -2.52. The fourth-order valence-electron chi connectivity index (χ4n) is 3.93. The van der Waals surface area contributed by atoms with Gasteiger partial charge in [-0.25, -0.2) is 8.42 Å². The zero-order valence-corrected chi connectivity index (χ0v) is 22.8. The lowest BCUT2D eigenvalue weighted by atomic mass is 10.1. The summed E-state index contributed by atoms with van der Waals surface area (Å²) in [6, 6.07) is 12.5. The minimum absolute atomic E-state index is 0.207. The highest BCUT2D eigenvalue weighted by atomic mass is 32.2. The molecule has 192 valence electrons. The fraction of sp³-hybridized carbons (Fsp3) is 0.481. The maximum absolute atomic E-state index is 13.7. The largest absolute Gasteiger partial charge is 0.354 e. The summed E-state index contributed by atoms with van der Waals surface area (Å²) in [7, 11) is -3.75. The number of carbonyl (C=O) groups is 2. The van der Waals surface area contributed by atoms with Gasteiger partial charge >= 0.3 is 0 Å². The van der Waals surface area contributed by atoms with Crippen molar-refractivity contribution < 1.29 is 18.0 Å². The Morgan fingerprint density at radius 1 is 1.00 bits per heavy atom. The van der Waals surface area contributed by atoms with Gasteiger partial charge in [0.2, 0.25) is 21.8 Å². The summed E-state index contributed by atoms with van der Waals surface area (Å²) in [5.41, 5.74) is 4.03. The number of benzene rings is 2. The van der Waals surface area contributed by atoms with E-state index in [0.29, 0.717) is 18.7 Å². The summed E-state index contributed by atoms with van der Waals surface area (Å²) in [6.07, 6.45) is 1.50. The smallest absolute Gasteiger partial charge is 0.244 e. The molecule has 0 fully saturated rings. The number of nitrogens with one attached hydrogen (secondary N) is 1. The van der Waals surface area contributed by atoms with Gasteiger partial charge in [0.15, 0.2) is 0 Å². The Morgan fingerprint density at radius 3 is 2.23 bits per heavy atom. The molecule has 1 N–H and O–H groups in total. The van der Waals surface area contributed by atoms with E-state index in [9.17, 15) is 18.0 Å². The van der Waals surface area contributed by atoms with Crippen molar-refractivity contribution in [3.05, 3.63) is 64.7 Å². The first-order chi connectivity index (χ1) is 16.3. The number of carbonyl (C=O) groups excluding carboxylic acids is 2. The van der Waals surface area contributed by atoms with Crippen LogP contribution in [0.5, 0.6) is 0 Å². The van der Waals surface area contributed by atoms with Gasteiger partial charge < -0.3 is 10.2 Å². The van der Waals surface area contributed by atoms with Gasteiger partial charge in [-0.05, 0) is 55.9 Å². The highest BCUT2D eigenvalue weighted by molar-refractivity contribution is 7.92. The molecule has 0 aliphatic heterocycles. The molecule has 0 radical (unpaired) electrons. The van der Waals surface area contributed by atoms with Crippen LogP contribution in [0.4, 0.5) is 5.69 Å². The van der Waals surface area contributed by atoms with Gasteiger partial charge in [0.25, 0.3) is 0 Å². The second-order valence-electron chi connectivity index (χ2n) is 9.63. The molecule has 0 aliphatic rings. The highest BCUT2D eigenvalue weighted by Crippen LogP contribution is 2.25. The molecule has 0 spiro atoms. The molecule has 0 saturated carbocycles. The number of nitrogens with zero attached hydrogens (tertiary/aromatic N) is 2. The summed E-state index contributed by atoms with van der Waals surface area (Å²) in [5, 5.41) is 2.93. The lowest BCUT2D eigenvalue weighted by Gasteiger charge is -2.33. The monoisotopic (exact) mass is 501 g/mol. The number of aryl methyl sites for hydroxylation is 3. The van der Waals surface area contributed by atoms with E-state index >= 15 is 0 Å². The minimum Gasteiger partial charge on any atom is -0.354 e. The lowest BCUT2D eigenvalue weighted by molar-refractivity contribution is -0.140. The standard InChI is InChI=1S/C27H39N3O4S/c1-8-24(27(32)28-16-19(2)3)29(17-23-11-9-10-20(4)14-23)26(31)18-30(35(7,33)34)25-15-21(5)12-13-22(25)6/h9-15,19,24H,8,16-18H2,1-7H3,(H,28,32). The van der Waals surface area contributed by atoms with Crippen LogP contribution in [0.15, 0.2) is 42.5 Å². The van der Waals surface area contributed by atoms with Crippen molar-refractivity contribution in [2.45, 2.75) is 60.5 Å². The van der Waals surface area contributed by atoms with E-state index in [0.717, 1.165) is 32.8 Å². The van der Waals surface area contributed by atoms with Crippen molar-refractivity contribution in [3.63, 3.8) is 0 Å². The predicted octanol–water partition coefficient (Wildman–Crippen LogP) is 3.96. The third kappa shape index (κ3) is 8.09. The fourth-order valence-corrected chi connectivity index (χ4v) is 4.83. The van der Waals surface area contributed by atoms with Crippen LogP contribution >= 0.6 is 0 Å². The van der Waals surface area contributed by atoms with Crippen LogP contribution < -0.4 is 9.62 Å². The number of amides is 2. The molecule has 0 aromatic heterocycles. The highest BCUT2D eigenvalue weighted by Gasteiger charge is 2.32.